The molecular formula is C21H29NO5. The Morgan fingerprint density at radius 3 is 2.37 bits per heavy atom. The zero-order valence-electron chi connectivity index (χ0n) is 16.2. The van der Waals surface area contributed by atoms with E-state index in [0.717, 1.165) is 5.70 Å². The van der Waals surface area contributed by atoms with Gasteiger partial charge in [-0.25, -0.2) is 4.79 Å². The lowest BCUT2D eigenvalue weighted by Crippen LogP contribution is -2.28. The van der Waals surface area contributed by atoms with Crippen molar-refractivity contribution >= 4 is 11.8 Å². The summed E-state index contributed by atoms with van der Waals surface area (Å²) in [6.45, 7) is 6.50. The van der Waals surface area contributed by atoms with Gasteiger partial charge >= 0.3 is 5.97 Å². The lowest BCUT2D eigenvalue weighted by molar-refractivity contribution is -0.139. The summed E-state index contributed by atoms with van der Waals surface area (Å²) in [4.78, 5) is 22.3. The highest BCUT2D eigenvalue weighted by Crippen LogP contribution is 2.20. The van der Waals surface area contributed by atoms with E-state index in [1.165, 1.54) is 5.56 Å². The highest BCUT2D eigenvalue weighted by atomic mass is 16.5. The number of carbonyl (C=O) groups excluding carboxylic acids is 2. The van der Waals surface area contributed by atoms with Crippen molar-refractivity contribution < 1.29 is 23.8 Å². The quantitative estimate of drug-likeness (QED) is 0.798. The molecule has 0 unspecified atom stereocenters. The molecule has 1 atom stereocenters. The Bertz CT molecular complexity index is 633. The van der Waals surface area contributed by atoms with E-state index in [4.69, 9.17) is 14.2 Å². The number of hydrogen-bond acceptors (Lipinski definition) is 6. The van der Waals surface area contributed by atoms with Crippen LogP contribution in [0.3, 0.4) is 0 Å². The Morgan fingerprint density at radius 1 is 1.11 bits per heavy atom. The van der Waals surface area contributed by atoms with Crippen LogP contribution in [0.4, 0.5) is 0 Å². The van der Waals surface area contributed by atoms with E-state index in [-0.39, 0.29) is 12.0 Å². The molecule has 6 nitrogen and oxygen atoms in total. The molecule has 0 saturated carbocycles. The fourth-order valence-electron chi connectivity index (χ4n) is 2.83. The van der Waals surface area contributed by atoms with Crippen molar-refractivity contribution in [1.29, 1.82) is 0 Å². The number of benzene rings is 1. The van der Waals surface area contributed by atoms with E-state index in [1.807, 2.05) is 25.1 Å². The van der Waals surface area contributed by atoms with Gasteiger partial charge < -0.3 is 19.5 Å². The molecule has 148 valence electrons. The molecule has 1 N–H and O–H groups in total. The second-order valence-electron chi connectivity index (χ2n) is 6.41. The molecule has 1 saturated heterocycles. The van der Waals surface area contributed by atoms with Crippen LogP contribution in [0, 0.1) is 0 Å². The van der Waals surface area contributed by atoms with Gasteiger partial charge in [-0.15, -0.1) is 0 Å². The maximum atomic E-state index is 11.9. The predicted octanol–water partition coefficient (Wildman–Crippen LogP) is 2.94. The molecule has 0 spiro atoms. The zero-order valence-corrected chi connectivity index (χ0v) is 16.2. The Balaban J connectivity index is 0.000000313. The van der Waals surface area contributed by atoms with Crippen LogP contribution in [0.1, 0.15) is 44.7 Å². The number of carbonyl (C=O) groups is 2. The SMILES string of the molecule is CCOC(=O)C1=C(N[C@H](C)c2ccccc2)CCOC1.O=C1CCOCC1. The first kappa shape index (κ1) is 21.1. The van der Waals surface area contributed by atoms with Gasteiger partial charge in [0.05, 0.1) is 38.6 Å². The molecule has 2 aliphatic rings. The molecule has 0 bridgehead atoms. The van der Waals surface area contributed by atoms with Gasteiger partial charge in [-0.05, 0) is 19.4 Å². The summed E-state index contributed by atoms with van der Waals surface area (Å²) in [5.74, 6) is 0.0567. The summed E-state index contributed by atoms with van der Waals surface area (Å²) < 4.78 is 15.4. The van der Waals surface area contributed by atoms with Gasteiger partial charge in [0, 0.05) is 31.0 Å². The van der Waals surface area contributed by atoms with Crippen LogP contribution in [0.2, 0.25) is 0 Å². The minimum absolute atomic E-state index is 0.147. The molecule has 0 aliphatic carbocycles. The van der Waals surface area contributed by atoms with Crippen molar-refractivity contribution in [3.63, 3.8) is 0 Å². The van der Waals surface area contributed by atoms with Gasteiger partial charge in [-0.3, -0.25) is 4.79 Å². The summed E-state index contributed by atoms with van der Waals surface area (Å²) in [7, 11) is 0. The van der Waals surface area contributed by atoms with E-state index in [0.29, 0.717) is 63.7 Å². The van der Waals surface area contributed by atoms with E-state index in [1.54, 1.807) is 0 Å². The first-order chi connectivity index (χ1) is 13.1. The highest BCUT2D eigenvalue weighted by molar-refractivity contribution is 5.89. The Labute approximate surface area is 160 Å². The molecule has 0 aromatic heterocycles. The Hall–Kier alpha value is -2.18. The number of rotatable bonds is 5. The fraction of sp³-hybridized carbons (Fsp3) is 0.524. The van der Waals surface area contributed by atoms with Gasteiger partial charge in [0.2, 0.25) is 0 Å². The van der Waals surface area contributed by atoms with E-state index in [9.17, 15) is 9.59 Å². The lowest BCUT2D eigenvalue weighted by Gasteiger charge is -2.24. The van der Waals surface area contributed by atoms with Crippen LogP contribution in [-0.2, 0) is 23.8 Å². The zero-order chi connectivity index (χ0) is 19.5. The number of ether oxygens (including phenoxy) is 3. The molecule has 3 rings (SSSR count). The lowest BCUT2D eigenvalue weighted by atomic mass is 10.1. The highest BCUT2D eigenvalue weighted by Gasteiger charge is 2.22. The maximum Gasteiger partial charge on any atom is 0.338 e. The fourth-order valence-corrected chi connectivity index (χ4v) is 2.83. The monoisotopic (exact) mass is 375 g/mol. The van der Waals surface area contributed by atoms with Crippen molar-refractivity contribution in [2.45, 2.75) is 39.2 Å². The van der Waals surface area contributed by atoms with Crippen LogP contribution >= 0.6 is 0 Å². The van der Waals surface area contributed by atoms with Gasteiger partial charge in [0.15, 0.2) is 0 Å². The van der Waals surface area contributed by atoms with Gasteiger partial charge in [0.25, 0.3) is 0 Å². The third-order valence-electron chi connectivity index (χ3n) is 4.37. The molecular weight excluding hydrogens is 346 g/mol. The first-order valence-electron chi connectivity index (χ1n) is 9.49. The molecule has 0 amide bonds. The molecule has 2 heterocycles. The molecule has 6 heteroatoms. The summed E-state index contributed by atoms with van der Waals surface area (Å²) in [6, 6.07) is 10.3. The molecule has 1 fully saturated rings. The Morgan fingerprint density at radius 2 is 1.78 bits per heavy atom. The number of ketones is 1. The smallest absolute Gasteiger partial charge is 0.338 e. The molecule has 0 radical (unpaired) electrons. The average Bonchev–Trinajstić information content (AvgIpc) is 2.70. The number of esters is 1. The molecule has 1 aromatic rings. The summed E-state index contributed by atoms with van der Waals surface area (Å²) >= 11 is 0. The average molecular weight is 375 g/mol. The van der Waals surface area contributed by atoms with Gasteiger partial charge in [0.1, 0.15) is 5.78 Å². The van der Waals surface area contributed by atoms with Crippen molar-refractivity contribution in [3.05, 3.63) is 47.2 Å². The minimum Gasteiger partial charge on any atom is -0.463 e. The van der Waals surface area contributed by atoms with E-state index >= 15 is 0 Å². The van der Waals surface area contributed by atoms with Crippen LogP contribution in [0.5, 0.6) is 0 Å². The van der Waals surface area contributed by atoms with Crippen molar-refractivity contribution in [2.24, 2.45) is 0 Å². The van der Waals surface area contributed by atoms with Crippen LogP contribution in [0.25, 0.3) is 0 Å². The second kappa shape index (κ2) is 11.5. The standard InChI is InChI=1S/C16H21NO3.C5H8O2/c1-3-20-16(18)14-11-19-10-9-15(14)17-12(2)13-7-5-4-6-8-13;6-5-1-3-7-4-2-5/h4-8,12,17H,3,9-11H2,1-2H3;1-4H2/t12-;/m1./s1. The predicted molar refractivity (Wildman–Crippen MR) is 102 cm³/mol. The van der Waals surface area contributed by atoms with Crippen molar-refractivity contribution in [3.8, 4) is 0 Å². The van der Waals surface area contributed by atoms with Crippen LogP contribution in [0.15, 0.2) is 41.6 Å². The van der Waals surface area contributed by atoms with Crippen molar-refractivity contribution in [1.82, 2.24) is 5.32 Å². The Kier molecular flexibility index (Phi) is 9.01. The summed E-state index contributed by atoms with van der Waals surface area (Å²) in [5.41, 5.74) is 2.74. The maximum absolute atomic E-state index is 11.9. The van der Waals surface area contributed by atoms with E-state index in [2.05, 4.69) is 24.4 Å². The molecule has 1 aromatic carbocycles. The largest absolute Gasteiger partial charge is 0.463 e. The first-order valence-corrected chi connectivity index (χ1v) is 9.49. The number of Topliss-reactive ketones (excluding diaryl/α,β-unsaturated/α-hetero) is 1. The second-order valence-corrected chi connectivity index (χ2v) is 6.41. The molecule has 2 aliphatic heterocycles. The van der Waals surface area contributed by atoms with Crippen LogP contribution in [-0.4, -0.2) is 44.8 Å². The topological polar surface area (TPSA) is 73.9 Å². The number of nitrogens with one attached hydrogen (secondary N) is 1. The normalized spacial score (nSPS) is 18.2. The summed E-state index contributed by atoms with van der Waals surface area (Å²) in [6.07, 6.45) is 1.96. The van der Waals surface area contributed by atoms with E-state index < -0.39 is 0 Å². The summed E-state index contributed by atoms with van der Waals surface area (Å²) in [5, 5.41) is 3.42. The third-order valence-corrected chi connectivity index (χ3v) is 4.37. The van der Waals surface area contributed by atoms with Gasteiger partial charge in [-0.2, -0.15) is 0 Å². The number of hydrogen-bond donors (Lipinski definition) is 1. The van der Waals surface area contributed by atoms with Gasteiger partial charge in [-0.1, -0.05) is 30.3 Å². The third kappa shape index (κ3) is 7.15. The van der Waals surface area contributed by atoms with Crippen LogP contribution < -0.4 is 5.32 Å². The van der Waals surface area contributed by atoms with Crippen molar-refractivity contribution in [2.75, 3.05) is 33.0 Å². The minimum atomic E-state index is -0.282. The molecule has 27 heavy (non-hydrogen) atoms.